The molecule has 0 saturated heterocycles. The van der Waals surface area contributed by atoms with E-state index >= 15 is 0 Å². The molecule has 0 saturated carbocycles. The second-order valence-corrected chi connectivity index (χ2v) is 5.62. The molecule has 0 aliphatic heterocycles. The van der Waals surface area contributed by atoms with Gasteiger partial charge in [-0.1, -0.05) is 18.5 Å². The third-order valence-corrected chi connectivity index (χ3v) is 3.81. The number of anilines is 2. The molecule has 3 nitrogen and oxygen atoms in total. The minimum atomic E-state index is -0.0895. The summed E-state index contributed by atoms with van der Waals surface area (Å²) >= 11 is 7.48. The molecule has 17 heavy (non-hydrogen) atoms. The monoisotopic (exact) mass is 272 g/mol. The van der Waals surface area contributed by atoms with Gasteiger partial charge in [0.25, 0.3) is 0 Å². The van der Waals surface area contributed by atoms with Crippen molar-refractivity contribution in [1.82, 2.24) is 0 Å². The lowest BCUT2D eigenvalue weighted by Crippen LogP contribution is -2.23. The van der Waals surface area contributed by atoms with Gasteiger partial charge in [-0.05, 0) is 37.3 Å². The van der Waals surface area contributed by atoms with Crippen molar-refractivity contribution in [1.29, 1.82) is 0 Å². The highest BCUT2D eigenvalue weighted by Gasteiger charge is 2.14. The van der Waals surface area contributed by atoms with Crippen LogP contribution in [0.2, 0.25) is 5.02 Å². The highest BCUT2D eigenvalue weighted by molar-refractivity contribution is 8.00. The van der Waals surface area contributed by atoms with Gasteiger partial charge in [0.1, 0.15) is 0 Å². The normalized spacial score (nSPS) is 12.2. The zero-order valence-electron chi connectivity index (χ0n) is 10.00. The number of nitrogens with one attached hydrogen (secondary N) is 1. The Morgan fingerprint density at radius 3 is 2.94 bits per heavy atom. The molecule has 0 aliphatic rings. The SMILES string of the molecule is CCCSC(C)C(=O)Nc1cc(Cl)ccc1N. The topological polar surface area (TPSA) is 55.1 Å². The van der Waals surface area contributed by atoms with Gasteiger partial charge in [0.05, 0.1) is 16.6 Å². The van der Waals surface area contributed by atoms with Gasteiger partial charge in [-0.15, -0.1) is 11.8 Å². The number of rotatable bonds is 5. The van der Waals surface area contributed by atoms with Crippen LogP contribution in [0.3, 0.4) is 0 Å². The van der Waals surface area contributed by atoms with Crippen LogP contribution in [0.15, 0.2) is 18.2 Å². The zero-order valence-corrected chi connectivity index (χ0v) is 11.6. The highest BCUT2D eigenvalue weighted by Crippen LogP contribution is 2.24. The molecule has 0 fully saturated rings. The Kier molecular flexibility index (Phi) is 5.65. The average molecular weight is 273 g/mol. The summed E-state index contributed by atoms with van der Waals surface area (Å²) in [5, 5.41) is 3.26. The number of nitrogen functional groups attached to an aromatic ring is 1. The van der Waals surface area contributed by atoms with E-state index in [9.17, 15) is 4.79 Å². The number of halogens is 1. The number of thioether (sulfide) groups is 1. The van der Waals surface area contributed by atoms with Crippen LogP contribution in [0.25, 0.3) is 0 Å². The Bertz CT molecular complexity index is 398. The Labute approximate surface area is 111 Å². The molecule has 1 atom stereocenters. The summed E-state index contributed by atoms with van der Waals surface area (Å²) in [7, 11) is 0. The lowest BCUT2D eigenvalue weighted by molar-refractivity contribution is -0.115. The Morgan fingerprint density at radius 1 is 1.59 bits per heavy atom. The molecule has 1 amide bonds. The molecule has 1 unspecified atom stereocenters. The fourth-order valence-corrected chi connectivity index (χ4v) is 2.21. The Hall–Kier alpha value is -0.870. The van der Waals surface area contributed by atoms with Gasteiger partial charge in [0.15, 0.2) is 0 Å². The van der Waals surface area contributed by atoms with Crippen molar-refractivity contribution >= 4 is 40.6 Å². The van der Waals surface area contributed by atoms with E-state index in [2.05, 4.69) is 12.2 Å². The third-order valence-electron chi connectivity index (χ3n) is 2.21. The molecule has 0 heterocycles. The summed E-state index contributed by atoms with van der Waals surface area (Å²) in [6.45, 7) is 3.98. The number of carbonyl (C=O) groups is 1. The van der Waals surface area contributed by atoms with Crippen LogP contribution in [0, 0.1) is 0 Å². The average Bonchev–Trinajstić information content (AvgIpc) is 2.30. The molecule has 1 rings (SSSR count). The minimum absolute atomic E-state index is 0.0441. The van der Waals surface area contributed by atoms with E-state index in [1.807, 2.05) is 6.92 Å². The maximum Gasteiger partial charge on any atom is 0.237 e. The van der Waals surface area contributed by atoms with Crippen molar-refractivity contribution in [2.75, 3.05) is 16.8 Å². The van der Waals surface area contributed by atoms with Gasteiger partial charge in [0, 0.05) is 5.02 Å². The van der Waals surface area contributed by atoms with E-state index in [4.69, 9.17) is 17.3 Å². The largest absolute Gasteiger partial charge is 0.397 e. The lowest BCUT2D eigenvalue weighted by Gasteiger charge is -2.13. The molecule has 0 bridgehead atoms. The molecular formula is C12H17ClN2OS. The number of carbonyl (C=O) groups excluding carboxylic acids is 1. The summed E-state index contributed by atoms with van der Waals surface area (Å²) in [5.74, 6) is 0.928. The number of hydrogen-bond acceptors (Lipinski definition) is 3. The maximum absolute atomic E-state index is 11.9. The number of hydrogen-bond donors (Lipinski definition) is 2. The van der Waals surface area contributed by atoms with Crippen molar-refractivity contribution in [3.05, 3.63) is 23.2 Å². The van der Waals surface area contributed by atoms with Crippen LogP contribution in [0.4, 0.5) is 11.4 Å². The summed E-state index contributed by atoms with van der Waals surface area (Å²) in [4.78, 5) is 11.9. The predicted molar refractivity (Wildman–Crippen MR) is 76.7 cm³/mol. The summed E-state index contributed by atoms with van der Waals surface area (Å²) in [6, 6.07) is 5.04. The van der Waals surface area contributed by atoms with Crippen LogP contribution in [0.1, 0.15) is 20.3 Å². The van der Waals surface area contributed by atoms with Gasteiger partial charge in [0.2, 0.25) is 5.91 Å². The van der Waals surface area contributed by atoms with Crippen LogP contribution < -0.4 is 11.1 Å². The van der Waals surface area contributed by atoms with E-state index in [-0.39, 0.29) is 11.2 Å². The lowest BCUT2D eigenvalue weighted by atomic mass is 10.2. The molecule has 0 spiro atoms. The molecule has 94 valence electrons. The number of benzene rings is 1. The first-order valence-electron chi connectivity index (χ1n) is 5.52. The predicted octanol–water partition coefficient (Wildman–Crippen LogP) is 3.39. The standard InChI is InChI=1S/C12H17ClN2OS/c1-3-6-17-8(2)12(16)15-11-7-9(13)4-5-10(11)14/h4-5,7-8H,3,6,14H2,1-2H3,(H,15,16). The number of nitrogens with two attached hydrogens (primary N) is 1. The van der Waals surface area contributed by atoms with Crippen LogP contribution >= 0.6 is 23.4 Å². The molecule has 0 aromatic heterocycles. The van der Waals surface area contributed by atoms with E-state index in [1.54, 1.807) is 30.0 Å². The number of amides is 1. The van der Waals surface area contributed by atoms with Gasteiger partial charge in [-0.3, -0.25) is 4.79 Å². The second-order valence-electron chi connectivity index (χ2n) is 3.73. The molecule has 5 heteroatoms. The Balaban J connectivity index is 2.64. The van der Waals surface area contributed by atoms with Crippen LogP contribution in [-0.2, 0) is 4.79 Å². The van der Waals surface area contributed by atoms with Crippen molar-refractivity contribution in [2.45, 2.75) is 25.5 Å². The summed E-state index contributed by atoms with van der Waals surface area (Å²) < 4.78 is 0. The van der Waals surface area contributed by atoms with Crippen LogP contribution in [-0.4, -0.2) is 16.9 Å². The first kappa shape index (κ1) is 14.2. The van der Waals surface area contributed by atoms with E-state index in [0.29, 0.717) is 16.4 Å². The van der Waals surface area contributed by atoms with Gasteiger partial charge < -0.3 is 11.1 Å². The van der Waals surface area contributed by atoms with Gasteiger partial charge in [-0.2, -0.15) is 0 Å². The first-order valence-corrected chi connectivity index (χ1v) is 6.94. The smallest absolute Gasteiger partial charge is 0.237 e. The quantitative estimate of drug-likeness (QED) is 0.808. The van der Waals surface area contributed by atoms with E-state index in [0.717, 1.165) is 12.2 Å². The molecule has 0 aliphatic carbocycles. The highest BCUT2D eigenvalue weighted by atomic mass is 35.5. The van der Waals surface area contributed by atoms with E-state index in [1.165, 1.54) is 0 Å². The third kappa shape index (κ3) is 4.48. The van der Waals surface area contributed by atoms with Crippen molar-refractivity contribution < 1.29 is 4.79 Å². The van der Waals surface area contributed by atoms with Crippen LogP contribution in [0.5, 0.6) is 0 Å². The van der Waals surface area contributed by atoms with Gasteiger partial charge in [-0.25, -0.2) is 0 Å². The second kappa shape index (κ2) is 6.77. The van der Waals surface area contributed by atoms with E-state index < -0.39 is 0 Å². The molecular weight excluding hydrogens is 256 g/mol. The van der Waals surface area contributed by atoms with Gasteiger partial charge >= 0.3 is 0 Å². The maximum atomic E-state index is 11.9. The Morgan fingerprint density at radius 2 is 2.29 bits per heavy atom. The van der Waals surface area contributed by atoms with Crippen molar-refractivity contribution in [3.63, 3.8) is 0 Å². The zero-order chi connectivity index (χ0) is 12.8. The first-order chi connectivity index (χ1) is 8.04. The minimum Gasteiger partial charge on any atom is -0.397 e. The van der Waals surface area contributed by atoms with Crippen molar-refractivity contribution in [3.8, 4) is 0 Å². The summed E-state index contributed by atoms with van der Waals surface area (Å²) in [5.41, 5.74) is 6.86. The summed E-state index contributed by atoms with van der Waals surface area (Å²) in [6.07, 6.45) is 1.06. The van der Waals surface area contributed by atoms with Crippen molar-refractivity contribution in [2.24, 2.45) is 0 Å². The molecule has 1 aromatic rings. The fourth-order valence-electron chi connectivity index (χ4n) is 1.24. The molecule has 3 N–H and O–H groups in total. The molecule has 0 radical (unpaired) electrons. The molecule has 1 aromatic carbocycles. The fraction of sp³-hybridized carbons (Fsp3) is 0.417.